The van der Waals surface area contributed by atoms with Gasteiger partial charge in [-0.05, 0) is 0 Å². The van der Waals surface area contributed by atoms with Gasteiger partial charge in [0.15, 0.2) is 5.82 Å². The summed E-state index contributed by atoms with van der Waals surface area (Å²) in [5.41, 5.74) is 0. The minimum Gasteiger partial charge on any atom is -0.481 e. The number of hydrogen-bond donors (Lipinski definition) is 0. The molecule has 0 radical (unpaired) electrons. The van der Waals surface area contributed by atoms with E-state index in [9.17, 15) is 8.42 Å². The highest BCUT2D eigenvalue weighted by Gasteiger charge is 2.08. The van der Waals surface area contributed by atoms with Crippen LogP contribution >= 0.6 is 0 Å². The van der Waals surface area contributed by atoms with Crippen molar-refractivity contribution in [3.8, 4) is 11.8 Å². The van der Waals surface area contributed by atoms with Crippen LogP contribution in [0.1, 0.15) is 5.82 Å². The number of aromatic nitrogens is 2. The van der Waals surface area contributed by atoms with Crippen LogP contribution in [0.2, 0.25) is 0 Å². The van der Waals surface area contributed by atoms with Crippen molar-refractivity contribution in [2.75, 3.05) is 20.5 Å². The predicted octanol–water partition coefficient (Wildman–Crippen LogP) is -0.0300. The fourth-order valence-electron chi connectivity index (χ4n) is 0.883. The topological polar surface area (TPSA) is 87.6 Å². The van der Waals surface area contributed by atoms with Crippen LogP contribution in [-0.2, 0) is 20.9 Å². The molecule has 0 atom stereocenters. The van der Waals surface area contributed by atoms with Gasteiger partial charge in [0.1, 0.15) is 6.61 Å². The van der Waals surface area contributed by atoms with Gasteiger partial charge in [0.2, 0.25) is 11.8 Å². The second-order valence-corrected chi connectivity index (χ2v) is 4.48. The van der Waals surface area contributed by atoms with Gasteiger partial charge >= 0.3 is 0 Å². The molecule has 90 valence electrons. The van der Waals surface area contributed by atoms with E-state index in [1.54, 1.807) is 0 Å². The maximum absolute atomic E-state index is 10.8. The zero-order valence-electron chi connectivity index (χ0n) is 9.13. The molecule has 1 aromatic heterocycles. The Morgan fingerprint density at radius 1 is 1.19 bits per heavy atom. The van der Waals surface area contributed by atoms with Crippen LogP contribution in [0, 0.1) is 0 Å². The molecular formula is C8H12N2O5S. The summed E-state index contributed by atoms with van der Waals surface area (Å²) in [7, 11) is -0.656. The molecule has 0 saturated carbocycles. The maximum atomic E-state index is 10.8. The Morgan fingerprint density at radius 3 is 2.06 bits per heavy atom. The van der Waals surface area contributed by atoms with Crippen LogP contribution in [0.25, 0.3) is 0 Å². The Bertz CT molecular complexity index is 437. The molecule has 8 heteroatoms. The molecule has 1 heterocycles. The molecule has 0 aliphatic rings. The van der Waals surface area contributed by atoms with Crippen LogP contribution in [0.3, 0.4) is 0 Å². The SMILES string of the molecule is COc1cc(OC)nc(COS(C)(=O)=O)n1. The first-order chi connectivity index (χ1) is 7.44. The van der Waals surface area contributed by atoms with E-state index in [4.69, 9.17) is 9.47 Å². The molecule has 0 fully saturated rings. The third kappa shape index (κ3) is 3.99. The number of nitrogens with zero attached hydrogens (tertiary/aromatic N) is 2. The third-order valence-corrected chi connectivity index (χ3v) is 2.09. The van der Waals surface area contributed by atoms with E-state index in [2.05, 4.69) is 14.2 Å². The van der Waals surface area contributed by atoms with E-state index in [0.717, 1.165) is 6.26 Å². The molecule has 7 nitrogen and oxygen atoms in total. The summed E-state index contributed by atoms with van der Waals surface area (Å²) < 4.78 is 35.9. The quantitative estimate of drug-likeness (QED) is 0.676. The summed E-state index contributed by atoms with van der Waals surface area (Å²) in [4.78, 5) is 7.80. The van der Waals surface area contributed by atoms with Crippen molar-refractivity contribution in [3.63, 3.8) is 0 Å². The zero-order chi connectivity index (χ0) is 12.2. The number of ether oxygens (including phenoxy) is 2. The Hall–Kier alpha value is -1.41. The van der Waals surface area contributed by atoms with Gasteiger partial charge in [-0.1, -0.05) is 0 Å². The number of hydrogen-bond acceptors (Lipinski definition) is 7. The Morgan fingerprint density at radius 2 is 1.69 bits per heavy atom. The van der Waals surface area contributed by atoms with E-state index < -0.39 is 10.1 Å². The molecule has 0 aliphatic heterocycles. The van der Waals surface area contributed by atoms with Crippen LogP contribution in [0.15, 0.2) is 6.07 Å². The smallest absolute Gasteiger partial charge is 0.264 e. The average molecular weight is 248 g/mol. The molecule has 0 saturated heterocycles. The highest BCUT2D eigenvalue weighted by molar-refractivity contribution is 7.85. The van der Waals surface area contributed by atoms with Crippen LogP contribution in [-0.4, -0.2) is 38.9 Å². The summed E-state index contributed by atoms with van der Waals surface area (Å²) in [5.74, 6) is 0.722. The average Bonchev–Trinajstić information content (AvgIpc) is 2.25. The summed E-state index contributed by atoms with van der Waals surface area (Å²) in [6, 6.07) is 1.48. The second-order valence-electron chi connectivity index (χ2n) is 2.84. The van der Waals surface area contributed by atoms with E-state index in [1.165, 1.54) is 20.3 Å². The van der Waals surface area contributed by atoms with E-state index >= 15 is 0 Å². The summed E-state index contributed by atoms with van der Waals surface area (Å²) >= 11 is 0. The molecule has 0 unspecified atom stereocenters. The van der Waals surface area contributed by atoms with Crippen molar-refractivity contribution in [2.45, 2.75) is 6.61 Å². The van der Waals surface area contributed by atoms with Gasteiger partial charge in [0, 0.05) is 0 Å². The van der Waals surface area contributed by atoms with Crippen molar-refractivity contribution < 1.29 is 22.1 Å². The van der Waals surface area contributed by atoms with Crippen molar-refractivity contribution in [2.24, 2.45) is 0 Å². The van der Waals surface area contributed by atoms with E-state index in [0.29, 0.717) is 0 Å². The normalized spacial score (nSPS) is 11.2. The molecule has 0 bridgehead atoms. The standard InChI is InChI=1S/C8H12N2O5S/c1-13-7-4-8(14-2)10-6(9-7)5-15-16(3,11)12/h4H,5H2,1-3H3. The third-order valence-electron chi connectivity index (χ3n) is 1.55. The predicted molar refractivity (Wildman–Crippen MR) is 54.8 cm³/mol. The van der Waals surface area contributed by atoms with Gasteiger partial charge in [-0.3, -0.25) is 4.18 Å². The van der Waals surface area contributed by atoms with Gasteiger partial charge in [0.25, 0.3) is 10.1 Å². The Balaban J connectivity index is 2.87. The number of methoxy groups -OCH3 is 2. The van der Waals surface area contributed by atoms with Crippen LogP contribution in [0.4, 0.5) is 0 Å². The molecule has 0 spiro atoms. The summed E-state index contributed by atoms with van der Waals surface area (Å²) in [6.45, 7) is -0.258. The molecule has 0 aromatic carbocycles. The first kappa shape index (κ1) is 12.7. The van der Waals surface area contributed by atoms with E-state index in [1.807, 2.05) is 0 Å². The molecule has 1 rings (SSSR count). The largest absolute Gasteiger partial charge is 0.481 e. The molecule has 16 heavy (non-hydrogen) atoms. The minimum atomic E-state index is -3.52. The summed E-state index contributed by atoms with van der Waals surface area (Å²) in [6.07, 6.45) is 0.949. The first-order valence-electron chi connectivity index (χ1n) is 4.25. The van der Waals surface area contributed by atoms with Crippen molar-refractivity contribution >= 4 is 10.1 Å². The molecule has 0 amide bonds. The highest BCUT2D eigenvalue weighted by Crippen LogP contribution is 2.15. The molecule has 0 aliphatic carbocycles. The fourth-order valence-corrected chi connectivity index (χ4v) is 1.20. The fraction of sp³-hybridized carbons (Fsp3) is 0.500. The van der Waals surface area contributed by atoms with Gasteiger partial charge in [-0.25, -0.2) is 0 Å². The lowest BCUT2D eigenvalue weighted by molar-refractivity contribution is 0.293. The van der Waals surface area contributed by atoms with Crippen LogP contribution in [0.5, 0.6) is 11.8 Å². The number of rotatable bonds is 5. The van der Waals surface area contributed by atoms with E-state index in [-0.39, 0.29) is 24.2 Å². The second kappa shape index (κ2) is 5.08. The van der Waals surface area contributed by atoms with Gasteiger partial charge in [0.05, 0.1) is 26.5 Å². The zero-order valence-corrected chi connectivity index (χ0v) is 9.94. The van der Waals surface area contributed by atoms with Crippen LogP contribution < -0.4 is 9.47 Å². The van der Waals surface area contributed by atoms with Crippen molar-refractivity contribution in [1.82, 2.24) is 9.97 Å². The van der Waals surface area contributed by atoms with Crippen molar-refractivity contribution in [1.29, 1.82) is 0 Å². The lowest BCUT2D eigenvalue weighted by Crippen LogP contribution is -2.07. The van der Waals surface area contributed by atoms with Gasteiger partial charge in [-0.2, -0.15) is 18.4 Å². The minimum absolute atomic E-state index is 0.168. The van der Waals surface area contributed by atoms with Crippen molar-refractivity contribution in [3.05, 3.63) is 11.9 Å². The first-order valence-corrected chi connectivity index (χ1v) is 6.06. The highest BCUT2D eigenvalue weighted by atomic mass is 32.2. The molecular weight excluding hydrogens is 236 g/mol. The summed E-state index contributed by atoms with van der Waals surface area (Å²) in [5, 5.41) is 0. The van der Waals surface area contributed by atoms with Gasteiger partial charge < -0.3 is 9.47 Å². The van der Waals surface area contributed by atoms with Gasteiger partial charge in [-0.15, -0.1) is 0 Å². The maximum Gasteiger partial charge on any atom is 0.264 e. The lowest BCUT2D eigenvalue weighted by Gasteiger charge is -2.05. The Kier molecular flexibility index (Phi) is 4.02. The lowest BCUT2D eigenvalue weighted by atomic mass is 10.5. The monoisotopic (exact) mass is 248 g/mol. The Labute approximate surface area is 93.5 Å². The molecule has 0 N–H and O–H groups in total. The molecule has 1 aromatic rings.